The van der Waals surface area contributed by atoms with Gasteiger partial charge in [-0.1, -0.05) is 19.9 Å². The minimum Gasteiger partial charge on any atom is -0.508 e. The summed E-state index contributed by atoms with van der Waals surface area (Å²) in [5.74, 6) is -2.13. The van der Waals surface area contributed by atoms with Crippen LogP contribution in [0.5, 0.6) is 17.2 Å². The molecule has 3 heterocycles. The van der Waals surface area contributed by atoms with Crippen molar-refractivity contribution in [2.45, 2.75) is 66.0 Å². The topological polar surface area (TPSA) is 212 Å². The molecule has 330 valence electrons. The number of carbonyl (C=O) groups is 4. The van der Waals surface area contributed by atoms with Crippen LogP contribution in [0.2, 0.25) is 0 Å². The highest BCUT2D eigenvalue weighted by Crippen LogP contribution is 2.36. The van der Waals surface area contributed by atoms with Gasteiger partial charge in [0.2, 0.25) is 0 Å². The van der Waals surface area contributed by atoms with Crippen molar-refractivity contribution in [3.05, 3.63) is 106 Å². The van der Waals surface area contributed by atoms with Crippen molar-refractivity contribution in [2.75, 3.05) is 61.1 Å². The molecule has 7 rings (SSSR count). The van der Waals surface area contributed by atoms with E-state index in [0.717, 1.165) is 46.2 Å². The Morgan fingerprint density at radius 1 is 0.952 bits per heavy atom. The molecule has 0 saturated carbocycles. The van der Waals surface area contributed by atoms with Crippen molar-refractivity contribution in [3.63, 3.8) is 0 Å². The molecule has 2 saturated heterocycles. The summed E-state index contributed by atoms with van der Waals surface area (Å²) in [4.78, 5) is 60.0. The average Bonchev–Trinajstić information content (AvgIpc) is 3.61. The van der Waals surface area contributed by atoms with Gasteiger partial charge >= 0.3 is 6.09 Å². The number of phenolic OH excluding ortho intramolecular Hbond substituents is 2. The van der Waals surface area contributed by atoms with Crippen molar-refractivity contribution in [1.29, 1.82) is 10.8 Å². The lowest BCUT2D eigenvalue weighted by Crippen LogP contribution is -2.49. The van der Waals surface area contributed by atoms with Gasteiger partial charge in [-0.25, -0.2) is 4.79 Å². The molecule has 1 unspecified atom stereocenters. The normalized spacial score (nSPS) is 16.1. The van der Waals surface area contributed by atoms with Crippen LogP contribution in [-0.2, 0) is 16.1 Å². The van der Waals surface area contributed by atoms with Crippen molar-refractivity contribution >= 4 is 52.5 Å². The predicted molar refractivity (Wildman–Crippen MR) is 240 cm³/mol. The van der Waals surface area contributed by atoms with Crippen LogP contribution in [-0.4, -0.2) is 107 Å². The fourth-order valence-corrected chi connectivity index (χ4v) is 8.42. The van der Waals surface area contributed by atoms with Crippen molar-refractivity contribution < 1.29 is 38.9 Å². The first-order valence-corrected chi connectivity index (χ1v) is 21.2. The van der Waals surface area contributed by atoms with Crippen molar-refractivity contribution in [1.82, 2.24) is 15.1 Å². The van der Waals surface area contributed by atoms with Crippen LogP contribution in [0.4, 0.5) is 21.9 Å². The number of nitrogens with zero attached hydrogens (tertiary/aromatic N) is 4. The third kappa shape index (κ3) is 9.16. The zero-order valence-corrected chi connectivity index (χ0v) is 36.2. The highest BCUT2D eigenvalue weighted by Gasteiger charge is 2.36. The third-order valence-corrected chi connectivity index (χ3v) is 11.8. The molecule has 3 aliphatic rings. The summed E-state index contributed by atoms with van der Waals surface area (Å²) in [7, 11) is 0. The number of rotatable bonds is 9. The summed E-state index contributed by atoms with van der Waals surface area (Å²) in [6, 6.07) is 18.1. The number of fused-ring (bicyclic) bond motifs is 1. The van der Waals surface area contributed by atoms with E-state index in [1.54, 1.807) is 54.3 Å². The molecule has 4 amide bonds. The molecule has 63 heavy (non-hydrogen) atoms. The third-order valence-electron chi connectivity index (χ3n) is 11.8. The largest absolute Gasteiger partial charge is 0.508 e. The molecule has 0 radical (unpaired) electrons. The maximum Gasteiger partial charge on any atom is 0.417 e. The fraction of sp³-hybridized carbons (Fsp3) is 0.362. The summed E-state index contributed by atoms with van der Waals surface area (Å²) >= 11 is 0. The number of hydrogen-bond donors (Lipinski definition) is 6. The highest BCUT2D eigenvalue weighted by atomic mass is 16.6. The Bertz CT molecular complexity index is 2430. The van der Waals surface area contributed by atoms with Crippen LogP contribution < -0.4 is 25.2 Å². The lowest BCUT2D eigenvalue weighted by Gasteiger charge is -2.36. The van der Waals surface area contributed by atoms with Gasteiger partial charge in [-0.15, -0.1) is 0 Å². The number of nitrogens with one attached hydrogen (secondary N) is 4. The standard InChI is InChI=1S/C47H54N8O8/c1-6-50-44(58)43(49)55(42(48)36-23-35(27(2)3)39(56)24-40(36)57)31-14-12-30(13-15-31)45(59)53-18-16-52(17-19-53)33-21-28(4)41(29(5)22-33)63-47(61)51-38-11-7-10-34-37(38)25-54(46(34)60)32-9-8-20-62-26-32/h7,10-15,21-24,27,32,48-49,56-57H,6,8-9,16-20,25-26H2,1-5H3,(H,50,58)(H,51,61). The number of hydrogen-bond acceptors (Lipinski definition) is 11. The molecule has 0 spiro atoms. The smallest absolute Gasteiger partial charge is 0.417 e. The fourth-order valence-electron chi connectivity index (χ4n) is 8.42. The molecule has 3 aliphatic heterocycles. The number of piperazine rings is 1. The number of anilines is 3. The Morgan fingerprint density at radius 3 is 2.29 bits per heavy atom. The molecular weight excluding hydrogens is 805 g/mol. The molecule has 0 aliphatic carbocycles. The van der Waals surface area contributed by atoms with Crippen molar-refractivity contribution in [3.8, 4) is 17.2 Å². The summed E-state index contributed by atoms with van der Waals surface area (Å²) in [6.45, 7) is 13.0. The molecule has 16 nitrogen and oxygen atoms in total. The maximum absolute atomic E-state index is 13.7. The number of benzene rings is 4. The zero-order valence-electron chi connectivity index (χ0n) is 36.2. The molecule has 4 aromatic rings. The lowest BCUT2D eigenvalue weighted by molar-refractivity contribution is -0.114. The van der Waals surface area contributed by atoms with Gasteiger partial charge in [-0.3, -0.25) is 35.4 Å². The van der Waals surface area contributed by atoms with E-state index >= 15 is 0 Å². The van der Waals surface area contributed by atoms with Crippen LogP contribution in [0.15, 0.2) is 66.7 Å². The molecule has 0 bridgehead atoms. The van der Waals surface area contributed by atoms with Crippen LogP contribution >= 0.6 is 0 Å². The van der Waals surface area contributed by atoms with Crippen LogP contribution in [0.3, 0.4) is 0 Å². The van der Waals surface area contributed by atoms with Crippen LogP contribution in [0, 0.1) is 24.7 Å². The van der Waals surface area contributed by atoms with Crippen LogP contribution in [0.25, 0.3) is 0 Å². The van der Waals surface area contributed by atoms with E-state index in [-0.39, 0.29) is 58.9 Å². The number of carbonyl (C=O) groups excluding carboxylic acids is 4. The first kappa shape index (κ1) is 44.1. The summed E-state index contributed by atoms with van der Waals surface area (Å²) in [5, 5.41) is 44.3. The first-order chi connectivity index (χ1) is 30.2. The van der Waals surface area contributed by atoms with Gasteiger partial charge < -0.3 is 39.7 Å². The maximum atomic E-state index is 13.7. The van der Waals surface area contributed by atoms with E-state index in [1.165, 1.54) is 6.07 Å². The Kier molecular flexibility index (Phi) is 13.0. The number of phenols is 2. The number of amidine groups is 2. The Labute approximate surface area is 366 Å². The molecule has 4 aromatic carbocycles. The number of aryl methyl sites for hydroxylation is 2. The molecule has 1 atom stereocenters. The van der Waals surface area contributed by atoms with Gasteiger partial charge in [-0.05, 0) is 111 Å². The van der Waals surface area contributed by atoms with E-state index in [0.29, 0.717) is 74.1 Å². The Balaban J connectivity index is 0.986. The van der Waals surface area contributed by atoms with Gasteiger partial charge in [0.05, 0.1) is 18.2 Å². The van der Waals surface area contributed by atoms with E-state index in [9.17, 15) is 29.4 Å². The van der Waals surface area contributed by atoms with E-state index < -0.39 is 17.8 Å². The second kappa shape index (κ2) is 18.6. The SMILES string of the molecule is CCNC(=O)C(=N)N(C(=N)c1cc(C(C)C)c(O)cc1O)c1ccc(C(=O)N2CCN(c3cc(C)c(OC(=O)Nc4cccc5c4CN(C4CCCOC4)C5=O)c(C)c3)CC2)cc1. The second-order valence-corrected chi connectivity index (χ2v) is 16.4. The number of aromatic hydroxyl groups is 2. The monoisotopic (exact) mass is 858 g/mol. The first-order valence-electron chi connectivity index (χ1n) is 21.2. The minimum atomic E-state index is -0.733. The number of likely N-dealkylation sites (N-methyl/N-ethyl adjacent to an activating group) is 1. The predicted octanol–water partition coefficient (Wildman–Crippen LogP) is 6.49. The summed E-state index contributed by atoms with van der Waals surface area (Å²) in [6.07, 6.45) is 1.12. The second-order valence-electron chi connectivity index (χ2n) is 16.4. The van der Waals surface area contributed by atoms with E-state index in [2.05, 4.69) is 15.5 Å². The molecule has 16 heteroatoms. The lowest BCUT2D eigenvalue weighted by atomic mass is 9.98. The highest BCUT2D eigenvalue weighted by molar-refractivity contribution is 6.48. The van der Waals surface area contributed by atoms with Gasteiger partial charge in [0.15, 0.2) is 5.84 Å². The van der Waals surface area contributed by atoms with Crippen molar-refractivity contribution in [2.24, 2.45) is 0 Å². The van der Waals surface area contributed by atoms with Gasteiger partial charge in [0, 0.05) is 85.7 Å². The summed E-state index contributed by atoms with van der Waals surface area (Å²) < 4.78 is 11.5. The molecular formula is C47H54N8O8. The molecule has 2 fully saturated rings. The van der Waals surface area contributed by atoms with E-state index in [4.69, 9.17) is 20.3 Å². The minimum absolute atomic E-state index is 0.00459. The quantitative estimate of drug-likeness (QED) is 0.0796. The van der Waals surface area contributed by atoms with Gasteiger partial charge in [-0.2, -0.15) is 0 Å². The van der Waals surface area contributed by atoms with Gasteiger partial charge in [0.1, 0.15) is 23.1 Å². The summed E-state index contributed by atoms with van der Waals surface area (Å²) in [5.41, 5.74) is 5.46. The number of ether oxygens (including phenoxy) is 2. The molecule has 0 aromatic heterocycles. The van der Waals surface area contributed by atoms with E-state index in [1.807, 2.05) is 44.7 Å². The Morgan fingerprint density at radius 2 is 1.65 bits per heavy atom. The van der Waals surface area contributed by atoms with Gasteiger partial charge in [0.25, 0.3) is 17.7 Å². The average molecular weight is 859 g/mol. The Hall–Kier alpha value is -6.94. The number of amides is 4. The zero-order chi connectivity index (χ0) is 45.1. The molecule has 6 N–H and O–H groups in total. The van der Waals surface area contributed by atoms with Crippen LogP contribution in [0.1, 0.15) is 88.1 Å².